The predicted octanol–water partition coefficient (Wildman–Crippen LogP) is 2.06. The van der Waals surface area contributed by atoms with Crippen LogP contribution in [-0.2, 0) is 21.4 Å². The molecule has 0 aliphatic carbocycles. The van der Waals surface area contributed by atoms with Crippen molar-refractivity contribution in [3.05, 3.63) is 35.4 Å². The highest BCUT2D eigenvalue weighted by atomic mass is 16.5. The molecule has 1 N–H and O–H groups in total. The summed E-state index contributed by atoms with van der Waals surface area (Å²) < 4.78 is 4.80. The third kappa shape index (κ3) is 4.57. The van der Waals surface area contributed by atoms with E-state index in [1.165, 1.54) is 5.56 Å². The standard InChI is InChI=1S/C14H20O3/c1-14(2,3)12-6-4-11(5-7-12)10-13(16)17-9-8-15/h4-7,15H,8-10H2,1-3H3. The number of rotatable bonds is 4. The van der Waals surface area contributed by atoms with Gasteiger partial charge in [0.15, 0.2) is 0 Å². The molecule has 0 saturated carbocycles. The van der Waals surface area contributed by atoms with E-state index in [1.54, 1.807) is 0 Å². The third-order valence-corrected chi connectivity index (χ3v) is 2.52. The summed E-state index contributed by atoms with van der Waals surface area (Å²) in [6.07, 6.45) is 0.254. The fraction of sp³-hybridized carbons (Fsp3) is 0.500. The van der Waals surface area contributed by atoms with E-state index in [0.29, 0.717) is 0 Å². The van der Waals surface area contributed by atoms with Crippen LogP contribution in [0.5, 0.6) is 0 Å². The summed E-state index contributed by atoms with van der Waals surface area (Å²) in [5, 5.41) is 8.53. The van der Waals surface area contributed by atoms with E-state index >= 15 is 0 Å². The van der Waals surface area contributed by atoms with Crippen LogP contribution in [-0.4, -0.2) is 24.3 Å². The highest BCUT2D eigenvalue weighted by Crippen LogP contribution is 2.22. The van der Waals surface area contributed by atoms with Gasteiger partial charge >= 0.3 is 5.97 Å². The van der Waals surface area contributed by atoms with Gasteiger partial charge in [0, 0.05) is 0 Å². The Morgan fingerprint density at radius 2 is 1.82 bits per heavy atom. The summed E-state index contributed by atoms with van der Waals surface area (Å²) in [4.78, 5) is 11.3. The molecular formula is C14H20O3. The smallest absolute Gasteiger partial charge is 0.310 e. The van der Waals surface area contributed by atoms with E-state index in [1.807, 2.05) is 24.3 Å². The van der Waals surface area contributed by atoms with Crippen molar-refractivity contribution in [3.8, 4) is 0 Å². The Morgan fingerprint density at radius 1 is 1.24 bits per heavy atom. The first-order valence-corrected chi connectivity index (χ1v) is 5.79. The van der Waals surface area contributed by atoms with Gasteiger partial charge in [0.25, 0.3) is 0 Å². The molecule has 0 unspecified atom stereocenters. The van der Waals surface area contributed by atoms with Crippen molar-refractivity contribution in [2.75, 3.05) is 13.2 Å². The fourth-order valence-electron chi connectivity index (χ4n) is 1.50. The van der Waals surface area contributed by atoms with Gasteiger partial charge < -0.3 is 9.84 Å². The first kappa shape index (κ1) is 13.7. The lowest BCUT2D eigenvalue weighted by Gasteiger charge is -2.19. The molecule has 1 rings (SSSR count). The Bertz CT molecular complexity index is 360. The van der Waals surface area contributed by atoms with Crippen molar-refractivity contribution in [1.29, 1.82) is 0 Å². The Hall–Kier alpha value is -1.35. The first-order chi connectivity index (χ1) is 7.93. The van der Waals surface area contributed by atoms with E-state index in [-0.39, 0.29) is 31.0 Å². The predicted molar refractivity (Wildman–Crippen MR) is 66.9 cm³/mol. The lowest BCUT2D eigenvalue weighted by atomic mass is 9.86. The van der Waals surface area contributed by atoms with Crippen molar-refractivity contribution < 1.29 is 14.6 Å². The Balaban J connectivity index is 2.60. The number of ether oxygens (including phenoxy) is 1. The van der Waals surface area contributed by atoms with Crippen LogP contribution in [0.15, 0.2) is 24.3 Å². The molecule has 0 heterocycles. The van der Waals surface area contributed by atoms with Gasteiger partial charge in [0.1, 0.15) is 6.61 Å². The molecule has 1 aromatic carbocycles. The molecule has 94 valence electrons. The average molecular weight is 236 g/mol. The van der Waals surface area contributed by atoms with E-state index in [4.69, 9.17) is 9.84 Å². The summed E-state index contributed by atoms with van der Waals surface area (Å²) in [5.41, 5.74) is 2.29. The molecule has 0 aliphatic rings. The van der Waals surface area contributed by atoms with Crippen molar-refractivity contribution in [3.63, 3.8) is 0 Å². The summed E-state index contributed by atoms with van der Waals surface area (Å²) in [7, 11) is 0. The largest absolute Gasteiger partial charge is 0.463 e. The molecule has 0 aliphatic heterocycles. The minimum Gasteiger partial charge on any atom is -0.463 e. The van der Waals surface area contributed by atoms with Gasteiger partial charge in [0.05, 0.1) is 13.0 Å². The zero-order valence-electron chi connectivity index (χ0n) is 10.7. The van der Waals surface area contributed by atoms with E-state index < -0.39 is 0 Å². The molecule has 0 bridgehead atoms. The van der Waals surface area contributed by atoms with E-state index in [0.717, 1.165) is 5.56 Å². The second-order valence-corrected chi connectivity index (χ2v) is 5.07. The Labute approximate surface area is 102 Å². The number of esters is 1. The summed E-state index contributed by atoms with van der Waals surface area (Å²) in [5.74, 6) is -0.303. The summed E-state index contributed by atoms with van der Waals surface area (Å²) in [6, 6.07) is 7.96. The number of aliphatic hydroxyl groups excluding tert-OH is 1. The fourth-order valence-corrected chi connectivity index (χ4v) is 1.50. The van der Waals surface area contributed by atoms with Crippen molar-refractivity contribution in [1.82, 2.24) is 0 Å². The van der Waals surface area contributed by atoms with Crippen molar-refractivity contribution in [2.45, 2.75) is 32.6 Å². The molecule has 1 aromatic rings. The normalized spacial score (nSPS) is 11.3. The molecule has 17 heavy (non-hydrogen) atoms. The molecule has 0 amide bonds. The number of carbonyl (C=O) groups is 1. The van der Waals surface area contributed by atoms with Gasteiger partial charge in [-0.3, -0.25) is 4.79 Å². The maximum absolute atomic E-state index is 11.3. The molecule has 0 fully saturated rings. The maximum Gasteiger partial charge on any atom is 0.310 e. The van der Waals surface area contributed by atoms with Crippen molar-refractivity contribution >= 4 is 5.97 Å². The minimum atomic E-state index is -0.303. The van der Waals surface area contributed by atoms with Gasteiger partial charge in [-0.05, 0) is 16.5 Å². The second kappa shape index (κ2) is 5.82. The van der Waals surface area contributed by atoms with Crippen LogP contribution in [0.25, 0.3) is 0 Å². The van der Waals surface area contributed by atoms with Crippen molar-refractivity contribution in [2.24, 2.45) is 0 Å². The number of benzene rings is 1. The van der Waals surface area contributed by atoms with Crippen LogP contribution < -0.4 is 0 Å². The average Bonchev–Trinajstić information content (AvgIpc) is 2.26. The number of carbonyl (C=O) groups excluding carboxylic acids is 1. The highest BCUT2D eigenvalue weighted by Gasteiger charge is 2.13. The lowest BCUT2D eigenvalue weighted by Crippen LogP contribution is -2.12. The zero-order valence-corrected chi connectivity index (χ0v) is 10.7. The molecule has 0 spiro atoms. The van der Waals surface area contributed by atoms with E-state index in [9.17, 15) is 4.79 Å². The molecular weight excluding hydrogens is 216 g/mol. The van der Waals surface area contributed by atoms with Crippen LogP contribution in [0.2, 0.25) is 0 Å². The molecule has 0 saturated heterocycles. The molecule has 3 nitrogen and oxygen atoms in total. The lowest BCUT2D eigenvalue weighted by molar-refractivity contribution is -0.143. The van der Waals surface area contributed by atoms with Crippen LogP contribution in [0, 0.1) is 0 Å². The Morgan fingerprint density at radius 3 is 2.29 bits per heavy atom. The number of aliphatic hydroxyl groups is 1. The zero-order chi connectivity index (χ0) is 12.9. The minimum absolute atomic E-state index is 0.0684. The monoisotopic (exact) mass is 236 g/mol. The van der Waals surface area contributed by atoms with Gasteiger partial charge in [-0.2, -0.15) is 0 Å². The van der Waals surface area contributed by atoms with Gasteiger partial charge in [-0.25, -0.2) is 0 Å². The second-order valence-electron chi connectivity index (χ2n) is 5.07. The van der Waals surface area contributed by atoms with Crippen LogP contribution in [0.3, 0.4) is 0 Å². The Kier molecular flexibility index (Phi) is 4.70. The maximum atomic E-state index is 11.3. The summed E-state index contributed by atoms with van der Waals surface area (Å²) in [6.45, 7) is 6.39. The van der Waals surface area contributed by atoms with Crippen LogP contribution in [0.4, 0.5) is 0 Å². The van der Waals surface area contributed by atoms with Crippen LogP contribution >= 0.6 is 0 Å². The van der Waals surface area contributed by atoms with Gasteiger partial charge in [0.2, 0.25) is 0 Å². The molecule has 0 aromatic heterocycles. The van der Waals surface area contributed by atoms with Crippen LogP contribution in [0.1, 0.15) is 31.9 Å². The number of hydrogen-bond donors (Lipinski definition) is 1. The molecule has 3 heteroatoms. The highest BCUT2D eigenvalue weighted by molar-refractivity contribution is 5.72. The summed E-state index contributed by atoms with van der Waals surface area (Å²) >= 11 is 0. The van der Waals surface area contributed by atoms with E-state index in [2.05, 4.69) is 20.8 Å². The first-order valence-electron chi connectivity index (χ1n) is 5.79. The topological polar surface area (TPSA) is 46.5 Å². The third-order valence-electron chi connectivity index (χ3n) is 2.52. The van der Waals surface area contributed by atoms with Gasteiger partial charge in [-0.1, -0.05) is 45.0 Å². The quantitative estimate of drug-likeness (QED) is 0.814. The SMILES string of the molecule is CC(C)(C)c1ccc(CC(=O)OCCO)cc1. The molecule has 0 radical (unpaired) electrons. The molecule has 0 atom stereocenters. The number of hydrogen-bond acceptors (Lipinski definition) is 3. The van der Waals surface area contributed by atoms with Gasteiger partial charge in [-0.15, -0.1) is 0 Å².